The SMILES string of the molecule is CCOC(=O)C(N)CSC1CCC(CC)CC1. The van der Waals surface area contributed by atoms with Gasteiger partial charge >= 0.3 is 5.97 Å². The Morgan fingerprint density at radius 3 is 2.53 bits per heavy atom. The van der Waals surface area contributed by atoms with Gasteiger partial charge in [0.2, 0.25) is 0 Å². The summed E-state index contributed by atoms with van der Waals surface area (Å²) in [6.45, 7) is 4.50. The van der Waals surface area contributed by atoms with Crippen molar-refractivity contribution in [2.24, 2.45) is 11.7 Å². The molecule has 0 heterocycles. The molecular weight excluding hydrogens is 234 g/mol. The Morgan fingerprint density at radius 1 is 1.35 bits per heavy atom. The van der Waals surface area contributed by atoms with E-state index in [1.54, 1.807) is 0 Å². The van der Waals surface area contributed by atoms with Gasteiger partial charge in [-0.1, -0.05) is 13.3 Å². The highest BCUT2D eigenvalue weighted by molar-refractivity contribution is 7.99. The van der Waals surface area contributed by atoms with Crippen LogP contribution in [0.1, 0.15) is 46.0 Å². The van der Waals surface area contributed by atoms with Gasteiger partial charge in [-0.25, -0.2) is 0 Å². The number of carbonyl (C=O) groups excluding carboxylic acids is 1. The summed E-state index contributed by atoms with van der Waals surface area (Å²) in [4.78, 5) is 11.4. The Labute approximate surface area is 109 Å². The minimum absolute atomic E-state index is 0.262. The van der Waals surface area contributed by atoms with Gasteiger partial charge in [-0.05, 0) is 38.5 Å². The fourth-order valence-corrected chi connectivity index (χ4v) is 3.48. The maximum absolute atomic E-state index is 11.4. The van der Waals surface area contributed by atoms with E-state index >= 15 is 0 Å². The Kier molecular flexibility index (Phi) is 6.97. The average molecular weight is 259 g/mol. The van der Waals surface area contributed by atoms with E-state index in [0.717, 1.165) is 5.92 Å². The fourth-order valence-electron chi connectivity index (χ4n) is 2.26. The third-order valence-corrected chi connectivity index (χ3v) is 4.97. The first-order chi connectivity index (χ1) is 8.17. The van der Waals surface area contributed by atoms with Crippen LogP contribution in [-0.2, 0) is 9.53 Å². The number of ether oxygens (including phenoxy) is 1. The fraction of sp³-hybridized carbons (Fsp3) is 0.923. The molecule has 4 heteroatoms. The van der Waals surface area contributed by atoms with Crippen molar-refractivity contribution in [3.05, 3.63) is 0 Å². The van der Waals surface area contributed by atoms with Crippen LogP contribution in [0, 0.1) is 5.92 Å². The third kappa shape index (κ3) is 5.30. The highest BCUT2D eigenvalue weighted by atomic mass is 32.2. The summed E-state index contributed by atoms with van der Waals surface area (Å²) in [5.74, 6) is 1.35. The predicted octanol–water partition coefficient (Wildman–Crippen LogP) is 2.58. The quantitative estimate of drug-likeness (QED) is 0.745. The van der Waals surface area contributed by atoms with Gasteiger partial charge in [-0.2, -0.15) is 11.8 Å². The zero-order chi connectivity index (χ0) is 12.7. The molecule has 0 aromatic carbocycles. The molecule has 0 saturated heterocycles. The molecule has 0 radical (unpaired) electrons. The molecule has 1 atom stereocenters. The number of hydrogen-bond acceptors (Lipinski definition) is 4. The van der Waals surface area contributed by atoms with Gasteiger partial charge in [-0.3, -0.25) is 4.79 Å². The molecule has 0 bridgehead atoms. The summed E-state index contributed by atoms with van der Waals surface area (Å²) in [5, 5.41) is 0.693. The van der Waals surface area contributed by atoms with E-state index in [1.807, 2.05) is 18.7 Å². The normalized spacial score (nSPS) is 26.5. The minimum atomic E-state index is -0.455. The number of thioether (sulfide) groups is 1. The summed E-state index contributed by atoms with van der Waals surface area (Å²) < 4.78 is 4.90. The lowest BCUT2D eigenvalue weighted by Crippen LogP contribution is -2.35. The standard InChI is InChI=1S/C13H25NO2S/c1-3-10-5-7-11(8-6-10)17-9-12(14)13(15)16-4-2/h10-12H,3-9,14H2,1-2H3. The molecule has 1 aliphatic rings. The van der Waals surface area contributed by atoms with Gasteiger partial charge in [0.05, 0.1) is 6.61 Å². The van der Waals surface area contributed by atoms with Crippen LogP contribution < -0.4 is 5.73 Å². The first-order valence-electron chi connectivity index (χ1n) is 6.71. The highest BCUT2D eigenvalue weighted by Crippen LogP contribution is 2.33. The van der Waals surface area contributed by atoms with Gasteiger partial charge in [0, 0.05) is 11.0 Å². The van der Waals surface area contributed by atoms with Crippen LogP contribution in [0.15, 0.2) is 0 Å². The summed E-state index contributed by atoms with van der Waals surface area (Å²) >= 11 is 1.85. The monoisotopic (exact) mass is 259 g/mol. The van der Waals surface area contributed by atoms with E-state index in [0.29, 0.717) is 17.6 Å². The van der Waals surface area contributed by atoms with Crippen molar-refractivity contribution in [1.82, 2.24) is 0 Å². The van der Waals surface area contributed by atoms with Crippen molar-refractivity contribution in [2.45, 2.75) is 57.2 Å². The Balaban J connectivity index is 2.16. The van der Waals surface area contributed by atoms with Gasteiger partial charge < -0.3 is 10.5 Å². The second-order valence-corrected chi connectivity index (χ2v) is 6.08. The summed E-state index contributed by atoms with van der Waals surface area (Å²) in [6, 6.07) is -0.455. The molecule has 100 valence electrons. The lowest BCUT2D eigenvalue weighted by Gasteiger charge is -2.27. The highest BCUT2D eigenvalue weighted by Gasteiger charge is 2.22. The van der Waals surface area contributed by atoms with Crippen molar-refractivity contribution in [2.75, 3.05) is 12.4 Å². The zero-order valence-electron chi connectivity index (χ0n) is 11.0. The number of carbonyl (C=O) groups is 1. The van der Waals surface area contributed by atoms with Gasteiger partial charge in [0.15, 0.2) is 0 Å². The molecule has 0 amide bonds. The van der Waals surface area contributed by atoms with E-state index in [-0.39, 0.29) is 5.97 Å². The Bertz CT molecular complexity index is 227. The molecule has 1 fully saturated rings. The molecule has 1 unspecified atom stereocenters. The van der Waals surface area contributed by atoms with E-state index in [2.05, 4.69) is 6.92 Å². The number of esters is 1. The van der Waals surface area contributed by atoms with Crippen LogP contribution in [0.3, 0.4) is 0 Å². The summed E-state index contributed by atoms with van der Waals surface area (Å²) in [5.41, 5.74) is 5.78. The zero-order valence-corrected chi connectivity index (χ0v) is 11.8. The number of hydrogen-bond donors (Lipinski definition) is 1. The molecule has 2 N–H and O–H groups in total. The summed E-state index contributed by atoms with van der Waals surface area (Å²) in [7, 11) is 0. The molecule has 17 heavy (non-hydrogen) atoms. The number of rotatable bonds is 6. The van der Waals surface area contributed by atoms with Crippen LogP contribution in [0.2, 0.25) is 0 Å². The minimum Gasteiger partial charge on any atom is -0.465 e. The molecule has 0 aliphatic heterocycles. The van der Waals surface area contributed by atoms with E-state index in [4.69, 9.17) is 10.5 Å². The van der Waals surface area contributed by atoms with Crippen molar-refractivity contribution < 1.29 is 9.53 Å². The number of nitrogens with two attached hydrogens (primary N) is 1. The maximum Gasteiger partial charge on any atom is 0.323 e. The first-order valence-corrected chi connectivity index (χ1v) is 7.76. The van der Waals surface area contributed by atoms with E-state index in [9.17, 15) is 4.79 Å². The predicted molar refractivity (Wildman–Crippen MR) is 73.1 cm³/mol. The molecule has 0 aromatic rings. The molecule has 0 aromatic heterocycles. The maximum atomic E-state index is 11.4. The van der Waals surface area contributed by atoms with Crippen molar-refractivity contribution >= 4 is 17.7 Å². The molecular formula is C13H25NO2S. The van der Waals surface area contributed by atoms with E-state index in [1.165, 1.54) is 32.1 Å². The molecule has 1 rings (SSSR count). The first kappa shape index (κ1) is 14.8. The molecule has 1 aliphatic carbocycles. The van der Waals surface area contributed by atoms with Crippen LogP contribution >= 0.6 is 11.8 Å². The lowest BCUT2D eigenvalue weighted by molar-refractivity contribution is -0.144. The van der Waals surface area contributed by atoms with Crippen LogP contribution in [-0.4, -0.2) is 29.6 Å². The largest absolute Gasteiger partial charge is 0.465 e. The second-order valence-electron chi connectivity index (χ2n) is 4.74. The van der Waals surface area contributed by atoms with E-state index < -0.39 is 6.04 Å². The van der Waals surface area contributed by atoms with Gasteiger partial charge in [0.25, 0.3) is 0 Å². The lowest BCUT2D eigenvalue weighted by atomic mass is 9.87. The van der Waals surface area contributed by atoms with Gasteiger partial charge in [0.1, 0.15) is 6.04 Å². The van der Waals surface area contributed by atoms with Crippen molar-refractivity contribution in [3.63, 3.8) is 0 Å². The average Bonchev–Trinajstić information content (AvgIpc) is 2.36. The third-order valence-electron chi connectivity index (χ3n) is 3.47. The van der Waals surface area contributed by atoms with Crippen LogP contribution in [0.5, 0.6) is 0 Å². The second kappa shape index (κ2) is 7.98. The Morgan fingerprint density at radius 2 is 2.00 bits per heavy atom. The molecule has 1 saturated carbocycles. The Hall–Kier alpha value is -0.220. The van der Waals surface area contributed by atoms with Gasteiger partial charge in [-0.15, -0.1) is 0 Å². The van der Waals surface area contributed by atoms with Crippen LogP contribution in [0.4, 0.5) is 0 Å². The molecule has 3 nitrogen and oxygen atoms in total. The van der Waals surface area contributed by atoms with Crippen molar-refractivity contribution in [1.29, 1.82) is 0 Å². The topological polar surface area (TPSA) is 52.3 Å². The van der Waals surface area contributed by atoms with Crippen molar-refractivity contribution in [3.8, 4) is 0 Å². The smallest absolute Gasteiger partial charge is 0.323 e. The molecule has 0 spiro atoms. The summed E-state index contributed by atoms with van der Waals surface area (Å²) in [6.07, 6.45) is 6.53. The van der Waals surface area contributed by atoms with Crippen LogP contribution in [0.25, 0.3) is 0 Å².